The molecule has 2 heteroatoms. The highest BCUT2D eigenvalue weighted by molar-refractivity contribution is 4.90. The van der Waals surface area contributed by atoms with Gasteiger partial charge in [0.05, 0.1) is 6.10 Å². The van der Waals surface area contributed by atoms with Crippen LogP contribution < -0.4 is 5.73 Å². The summed E-state index contributed by atoms with van der Waals surface area (Å²) in [5.74, 6) is 2.24. The number of rotatable bonds is 1. The second-order valence-corrected chi connectivity index (χ2v) is 4.35. The van der Waals surface area contributed by atoms with Crippen LogP contribution in [0.15, 0.2) is 0 Å². The van der Waals surface area contributed by atoms with Gasteiger partial charge in [0, 0.05) is 6.61 Å². The Labute approximate surface area is 74.5 Å². The quantitative estimate of drug-likeness (QED) is 0.644. The second kappa shape index (κ2) is 3.35. The number of hydrogen-bond donors (Lipinski definition) is 1. The van der Waals surface area contributed by atoms with E-state index in [1.54, 1.807) is 0 Å². The summed E-state index contributed by atoms with van der Waals surface area (Å²) in [7, 11) is 0. The highest BCUT2D eigenvalue weighted by atomic mass is 16.5. The normalized spacial score (nSPS) is 47.5. The molecule has 0 unspecified atom stereocenters. The number of fused-ring (bicyclic) bond motifs is 1. The molecule has 0 aromatic rings. The van der Waals surface area contributed by atoms with Gasteiger partial charge in [-0.3, -0.25) is 0 Å². The minimum absolute atomic E-state index is 0.544. The van der Waals surface area contributed by atoms with Crippen LogP contribution in [0.3, 0.4) is 0 Å². The Kier molecular flexibility index (Phi) is 2.37. The fourth-order valence-electron chi connectivity index (χ4n) is 2.96. The van der Waals surface area contributed by atoms with Gasteiger partial charge in [0.1, 0.15) is 0 Å². The summed E-state index contributed by atoms with van der Waals surface area (Å²) < 4.78 is 5.75. The first-order valence-electron chi connectivity index (χ1n) is 5.14. The van der Waals surface area contributed by atoms with Crippen molar-refractivity contribution in [3.8, 4) is 0 Å². The zero-order valence-corrected chi connectivity index (χ0v) is 7.83. The van der Waals surface area contributed by atoms with Gasteiger partial charge in [0.2, 0.25) is 0 Å². The molecular formula is C10H19NO. The van der Waals surface area contributed by atoms with Crippen LogP contribution in [-0.4, -0.2) is 19.3 Å². The van der Waals surface area contributed by atoms with E-state index in [1.807, 2.05) is 0 Å². The van der Waals surface area contributed by atoms with Gasteiger partial charge >= 0.3 is 0 Å². The van der Waals surface area contributed by atoms with Crippen molar-refractivity contribution in [3.05, 3.63) is 0 Å². The van der Waals surface area contributed by atoms with Gasteiger partial charge in [0.15, 0.2) is 0 Å². The van der Waals surface area contributed by atoms with E-state index in [-0.39, 0.29) is 0 Å². The second-order valence-electron chi connectivity index (χ2n) is 4.35. The maximum atomic E-state index is 5.77. The van der Waals surface area contributed by atoms with Crippen molar-refractivity contribution < 1.29 is 4.74 Å². The van der Waals surface area contributed by atoms with Crippen LogP contribution in [-0.2, 0) is 4.74 Å². The van der Waals surface area contributed by atoms with Crippen LogP contribution in [0.25, 0.3) is 0 Å². The molecule has 4 atom stereocenters. The molecule has 1 saturated heterocycles. The van der Waals surface area contributed by atoms with Crippen LogP contribution in [0.1, 0.15) is 26.2 Å². The van der Waals surface area contributed by atoms with Gasteiger partial charge in [-0.2, -0.15) is 0 Å². The van der Waals surface area contributed by atoms with Crippen molar-refractivity contribution in [2.45, 2.75) is 32.3 Å². The Bertz CT molecular complexity index is 158. The first kappa shape index (κ1) is 8.52. The van der Waals surface area contributed by atoms with Crippen LogP contribution in [0.5, 0.6) is 0 Å². The summed E-state index contributed by atoms with van der Waals surface area (Å²) in [6.45, 7) is 4.12. The van der Waals surface area contributed by atoms with Crippen LogP contribution in [0.4, 0.5) is 0 Å². The lowest BCUT2D eigenvalue weighted by molar-refractivity contribution is 0.0451. The van der Waals surface area contributed by atoms with E-state index in [2.05, 4.69) is 6.92 Å². The van der Waals surface area contributed by atoms with Gasteiger partial charge < -0.3 is 10.5 Å². The van der Waals surface area contributed by atoms with E-state index < -0.39 is 0 Å². The molecule has 2 fully saturated rings. The average molecular weight is 169 g/mol. The molecule has 2 nitrogen and oxygen atoms in total. The maximum Gasteiger partial charge on any atom is 0.0609 e. The molecule has 1 aliphatic heterocycles. The SMILES string of the molecule is C[C@@H]1CO[C@@H]2CCC[C@H](CN)[C@@H]12. The third-order valence-corrected chi connectivity index (χ3v) is 3.57. The first-order chi connectivity index (χ1) is 5.83. The largest absolute Gasteiger partial charge is 0.378 e. The number of hydrogen-bond acceptors (Lipinski definition) is 2. The van der Waals surface area contributed by atoms with Gasteiger partial charge in [0.25, 0.3) is 0 Å². The Hall–Kier alpha value is -0.0800. The average Bonchev–Trinajstić information content (AvgIpc) is 2.48. The predicted molar refractivity (Wildman–Crippen MR) is 48.8 cm³/mol. The first-order valence-corrected chi connectivity index (χ1v) is 5.14. The lowest BCUT2D eigenvalue weighted by atomic mass is 9.73. The summed E-state index contributed by atoms with van der Waals surface area (Å²) in [6, 6.07) is 0. The summed E-state index contributed by atoms with van der Waals surface area (Å²) in [5, 5.41) is 0. The molecule has 70 valence electrons. The molecule has 0 aromatic carbocycles. The minimum atomic E-state index is 0.544. The predicted octanol–water partition coefficient (Wildman–Crippen LogP) is 1.40. The fourth-order valence-corrected chi connectivity index (χ4v) is 2.96. The van der Waals surface area contributed by atoms with Crippen molar-refractivity contribution in [1.82, 2.24) is 0 Å². The van der Waals surface area contributed by atoms with Gasteiger partial charge in [-0.15, -0.1) is 0 Å². The lowest BCUT2D eigenvalue weighted by Crippen LogP contribution is -2.36. The molecule has 12 heavy (non-hydrogen) atoms. The van der Waals surface area contributed by atoms with Gasteiger partial charge in [-0.05, 0) is 37.1 Å². The summed E-state index contributed by atoms with van der Waals surface area (Å²) in [6.07, 6.45) is 4.45. The van der Waals surface area contributed by atoms with Gasteiger partial charge in [-0.1, -0.05) is 13.3 Å². The summed E-state index contributed by atoms with van der Waals surface area (Å²) in [4.78, 5) is 0. The van der Waals surface area contributed by atoms with Crippen molar-refractivity contribution in [2.75, 3.05) is 13.2 Å². The van der Waals surface area contributed by atoms with E-state index in [0.29, 0.717) is 6.10 Å². The molecule has 2 rings (SSSR count). The Morgan fingerprint density at radius 1 is 1.42 bits per heavy atom. The molecule has 2 N–H and O–H groups in total. The molecule has 1 saturated carbocycles. The number of nitrogens with two attached hydrogens (primary N) is 1. The van der Waals surface area contributed by atoms with E-state index in [9.17, 15) is 0 Å². The van der Waals surface area contributed by atoms with E-state index in [4.69, 9.17) is 10.5 Å². The van der Waals surface area contributed by atoms with Crippen LogP contribution >= 0.6 is 0 Å². The molecule has 2 aliphatic rings. The summed E-state index contributed by atoms with van der Waals surface area (Å²) >= 11 is 0. The van der Waals surface area contributed by atoms with Crippen molar-refractivity contribution in [2.24, 2.45) is 23.5 Å². The van der Waals surface area contributed by atoms with E-state index in [1.165, 1.54) is 19.3 Å². The third kappa shape index (κ3) is 1.27. The van der Waals surface area contributed by atoms with E-state index in [0.717, 1.165) is 30.9 Å². The minimum Gasteiger partial charge on any atom is -0.378 e. The molecule has 0 radical (unpaired) electrons. The van der Waals surface area contributed by atoms with Gasteiger partial charge in [-0.25, -0.2) is 0 Å². The fraction of sp³-hybridized carbons (Fsp3) is 1.00. The highest BCUT2D eigenvalue weighted by Crippen LogP contribution is 2.41. The molecular weight excluding hydrogens is 150 g/mol. The standard InChI is InChI=1S/C10H19NO/c1-7-6-12-9-4-2-3-8(5-11)10(7)9/h7-10H,2-6,11H2,1H3/t7-,8-,9-,10-/m1/s1. The molecule has 0 spiro atoms. The molecule has 0 bridgehead atoms. The van der Waals surface area contributed by atoms with Crippen molar-refractivity contribution in [3.63, 3.8) is 0 Å². The van der Waals surface area contributed by atoms with Crippen LogP contribution in [0, 0.1) is 17.8 Å². The lowest BCUT2D eigenvalue weighted by Gasteiger charge is -2.33. The molecule has 1 heterocycles. The molecule has 1 aliphatic carbocycles. The van der Waals surface area contributed by atoms with E-state index >= 15 is 0 Å². The summed E-state index contributed by atoms with van der Waals surface area (Å²) in [5.41, 5.74) is 5.77. The van der Waals surface area contributed by atoms with Crippen LogP contribution in [0.2, 0.25) is 0 Å². The Morgan fingerprint density at radius 3 is 3.00 bits per heavy atom. The Balaban J connectivity index is 2.07. The smallest absolute Gasteiger partial charge is 0.0609 e. The highest BCUT2D eigenvalue weighted by Gasteiger charge is 2.41. The molecule has 0 aromatic heterocycles. The third-order valence-electron chi connectivity index (χ3n) is 3.57. The Morgan fingerprint density at radius 2 is 2.25 bits per heavy atom. The monoisotopic (exact) mass is 169 g/mol. The topological polar surface area (TPSA) is 35.2 Å². The zero-order valence-electron chi connectivity index (χ0n) is 7.83. The zero-order chi connectivity index (χ0) is 8.55. The molecule has 0 amide bonds. The van der Waals surface area contributed by atoms with Crippen molar-refractivity contribution >= 4 is 0 Å². The number of ether oxygens (including phenoxy) is 1. The van der Waals surface area contributed by atoms with Crippen molar-refractivity contribution in [1.29, 1.82) is 0 Å². The maximum absolute atomic E-state index is 5.77.